The minimum Gasteiger partial charge on any atom is -0.481 e. The lowest BCUT2D eigenvalue weighted by Gasteiger charge is -2.20. The van der Waals surface area contributed by atoms with E-state index in [2.05, 4.69) is 5.32 Å². The van der Waals surface area contributed by atoms with E-state index in [1.54, 1.807) is 24.0 Å². The molecule has 7 heteroatoms. The van der Waals surface area contributed by atoms with Gasteiger partial charge in [-0.1, -0.05) is 12.1 Å². The van der Waals surface area contributed by atoms with Crippen LogP contribution in [0.2, 0.25) is 0 Å². The highest BCUT2D eigenvalue weighted by molar-refractivity contribution is 5.94. The number of likely N-dealkylation sites (tertiary alicyclic amines) is 1. The normalized spacial score (nSPS) is 19.3. The van der Waals surface area contributed by atoms with Gasteiger partial charge in [-0.2, -0.15) is 0 Å². The van der Waals surface area contributed by atoms with E-state index >= 15 is 0 Å². The first-order valence-corrected chi connectivity index (χ1v) is 8.95. The van der Waals surface area contributed by atoms with Gasteiger partial charge in [0.2, 0.25) is 0 Å². The fourth-order valence-corrected chi connectivity index (χ4v) is 3.06. The predicted octanol–water partition coefficient (Wildman–Crippen LogP) is 2.17. The van der Waals surface area contributed by atoms with E-state index in [9.17, 15) is 19.5 Å². The Morgan fingerprint density at radius 3 is 2.31 bits per heavy atom. The molecule has 1 unspecified atom stereocenters. The molecular formula is C19H27N3O4. The van der Waals surface area contributed by atoms with Crippen LogP contribution in [0.1, 0.15) is 43.1 Å². The zero-order chi connectivity index (χ0) is 19.3. The highest BCUT2D eigenvalue weighted by Gasteiger charge is 2.42. The number of rotatable bonds is 6. The Morgan fingerprint density at radius 1 is 1.19 bits per heavy atom. The van der Waals surface area contributed by atoms with Crippen molar-refractivity contribution in [2.75, 3.05) is 26.2 Å². The summed E-state index contributed by atoms with van der Waals surface area (Å²) in [5, 5.41) is 12.0. The van der Waals surface area contributed by atoms with Crippen LogP contribution in [0.25, 0.3) is 0 Å². The van der Waals surface area contributed by atoms with E-state index in [0.29, 0.717) is 38.2 Å². The van der Waals surface area contributed by atoms with Crippen LogP contribution in [0.4, 0.5) is 4.79 Å². The molecule has 142 valence electrons. The first-order valence-electron chi connectivity index (χ1n) is 8.95. The number of urea groups is 1. The lowest BCUT2D eigenvalue weighted by Crippen LogP contribution is -2.40. The van der Waals surface area contributed by atoms with Crippen molar-refractivity contribution in [3.05, 3.63) is 35.4 Å². The Bertz CT molecular complexity index is 670. The summed E-state index contributed by atoms with van der Waals surface area (Å²) < 4.78 is 0. The molecule has 1 aromatic rings. The summed E-state index contributed by atoms with van der Waals surface area (Å²) >= 11 is 0. The van der Waals surface area contributed by atoms with Crippen LogP contribution in [-0.4, -0.2) is 59.0 Å². The van der Waals surface area contributed by atoms with Crippen LogP contribution >= 0.6 is 0 Å². The van der Waals surface area contributed by atoms with Gasteiger partial charge in [0.1, 0.15) is 0 Å². The number of carboxylic acids is 1. The van der Waals surface area contributed by atoms with Crippen molar-refractivity contribution in [2.24, 2.45) is 5.41 Å². The van der Waals surface area contributed by atoms with Gasteiger partial charge in [-0.05, 0) is 44.9 Å². The molecule has 7 nitrogen and oxygen atoms in total. The average Bonchev–Trinajstić information content (AvgIpc) is 3.05. The van der Waals surface area contributed by atoms with E-state index in [1.807, 2.05) is 26.0 Å². The first-order chi connectivity index (χ1) is 12.3. The zero-order valence-electron chi connectivity index (χ0n) is 15.6. The largest absolute Gasteiger partial charge is 0.481 e. The fourth-order valence-electron chi connectivity index (χ4n) is 3.06. The number of carbonyl (C=O) groups excluding carboxylic acids is 2. The van der Waals surface area contributed by atoms with Gasteiger partial charge in [0.15, 0.2) is 0 Å². The zero-order valence-corrected chi connectivity index (χ0v) is 15.6. The third-order valence-corrected chi connectivity index (χ3v) is 4.97. The molecule has 0 bridgehead atoms. The lowest BCUT2D eigenvalue weighted by molar-refractivity contribution is -0.147. The molecule has 1 heterocycles. The molecule has 26 heavy (non-hydrogen) atoms. The quantitative estimate of drug-likeness (QED) is 0.813. The number of hydrogen-bond donors (Lipinski definition) is 2. The highest BCUT2D eigenvalue weighted by atomic mass is 16.4. The maximum atomic E-state index is 12.3. The fraction of sp³-hybridized carbons (Fsp3) is 0.526. The first kappa shape index (κ1) is 19.8. The molecular weight excluding hydrogens is 334 g/mol. The molecule has 0 radical (unpaired) electrons. The molecule has 1 aliphatic heterocycles. The van der Waals surface area contributed by atoms with E-state index in [0.717, 1.165) is 5.56 Å². The molecule has 1 aliphatic rings. The molecule has 0 spiro atoms. The molecule has 3 amide bonds. The van der Waals surface area contributed by atoms with Crippen molar-refractivity contribution in [1.82, 2.24) is 15.1 Å². The summed E-state index contributed by atoms with van der Waals surface area (Å²) in [7, 11) is 0. The van der Waals surface area contributed by atoms with Gasteiger partial charge in [0.25, 0.3) is 5.91 Å². The molecule has 2 rings (SSSR count). The monoisotopic (exact) mass is 361 g/mol. The van der Waals surface area contributed by atoms with E-state index in [1.165, 1.54) is 4.90 Å². The van der Waals surface area contributed by atoms with E-state index in [-0.39, 0.29) is 18.5 Å². The predicted molar refractivity (Wildman–Crippen MR) is 97.9 cm³/mol. The van der Waals surface area contributed by atoms with Crippen molar-refractivity contribution < 1.29 is 19.5 Å². The molecule has 0 aromatic heterocycles. The number of carbonyl (C=O) groups is 3. The second kappa shape index (κ2) is 8.21. The molecule has 1 aromatic carbocycles. The Labute approximate surface area is 154 Å². The molecule has 1 atom stereocenters. The number of hydrogen-bond acceptors (Lipinski definition) is 3. The molecule has 0 aliphatic carbocycles. The summed E-state index contributed by atoms with van der Waals surface area (Å²) in [6, 6.07) is 6.90. The number of aliphatic carboxylic acids is 1. The summed E-state index contributed by atoms with van der Waals surface area (Å²) in [5.74, 6) is -0.878. The number of nitrogens with one attached hydrogen (secondary N) is 1. The van der Waals surface area contributed by atoms with Crippen LogP contribution in [0, 0.1) is 5.41 Å². The number of benzene rings is 1. The standard InChI is InChI=1S/C19H27N3O4/c1-4-21(5-2)16(23)15-8-6-14(7-9-15)12-20-18(26)22-11-10-19(3,13-22)17(24)25/h6-9H,4-5,10-13H2,1-3H3,(H,20,26)(H,24,25). The summed E-state index contributed by atoms with van der Waals surface area (Å²) in [5.41, 5.74) is 0.638. The van der Waals surface area contributed by atoms with Crippen molar-refractivity contribution in [3.8, 4) is 0 Å². The SMILES string of the molecule is CCN(CC)C(=O)c1ccc(CNC(=O)N2CCC(C)(C(=O)O)C2)cc1. The average molecular weight is 361 g/mol. The highest BCUT2D eigenvalue weighted by Crippen LogP contribution is 2.29. The van der Waals surface area contributed by atoms with Crippen LogP contribution in [0.5, 0.6) is 0 Å². The minimum atomic E-state index is -0.874. The molecule has 1 fully saturated rings. The number of amides is 3. The Balaban J connectivity index is 1.89. The Morgan fingerprint density at radius 2 is 1.81 bits per heavy atom. The van der Waals surface area contributed by atoms with Crippen LogP contribution in [0.15, 0.2) is 24.3 Å². The topological polar surface area (TPSA) is 90.0 Å². The van der Waals surface area contributed by atoms with Crippen molar-refractivity contribution in [2.45, 2.75) is 33.7 Å². The van der Waals surface area contributed by atoms with Crippen molar-refractivity contribution in [3.63, 3.8) is 0 Å². The number of carboxylic acid groups (broad SMARTS) is 1. The van der Waals surface area contributed by atoms with Gasteiger partial charge in [0.05, 0.1) is 5.41 Å². The minimum absolute atomic E-state index is 0.00407. The molecule has 1 saturated heterocycles. The van der Waals surface area contributed by atoms with Crippen molar-refractivity contribution >= 4 is 17.9 Å². The number of nitrogens with zero attached hydrogens (tertiary/aromatic N) is 2. The van der Waals surface area contributed by atoms with Crippen LogP contribution < -0.4 is 5.32 Å². The third-order valence-electron chi connectivity index (χ3n) is 4.97. The maximum absolute atomic E-state index is 12.3. The summed E-state index contributed by atoms with van der Waals surface area (Å²) in [6.07, 6.45) is 0.456. The van der Waals surface area contributed by atoms with E-state index < -0.39 is 11.4 Å². The van der Waals surface area contributed by atoms with E-state index in [4.69, 9.17) is 0 Å². The maximum Gasteiger partial charge on any atom is 0.317 e. The summed E-state index contributed by atoms with van der Waals surface area (Å²) in [6.45, 7) is 7.86. The smallest absolute Gasteiger partial charge is 0.317 e. The van der Waals surface area contributed by atoms with Gasteiger partial charge in [-0.25, -0.2) is 4.79 Å². The van der Waals surface area contributed by atoms with Gasteiger partial charge >= 0.3 is 12.0 Å². The molecule has 2 N–H and O–H groups in total. The van der Waals surface area contributed by atoms with Crippen molar-refractivity contribution in [1.29, 1.82) is 0 Å². The Hall–Kier alpha value is -2.57. The summed E-state index contributed by atoms with van der Waals surface area (Å²) in [4.78, 5) is 39.1. The Kier molecular flexibility index (Phi) is 6.23. The van der Waals surface area contributed by atoms with Crippen LogP contribution in [-0.2, 0) is 11.3 Å². The second-order valence-corrected chi connectivity index (χ2v) is 6.87. The second-order valence-electron chi connectivity index (χ2n) is 6.87. The van der Waals surface area contributed by atoms with Gasteiger partial charge in [-0.15, -0.1) is 0 Å². The van der Waals surface area contributed by atoms with Gasteiger partial charge in [0, 0.05) is 38.3 Å². The van der Waals surface area contributed by atoms with Crippen LogP contribution in [0.3, 0.4) is 0 Å². The lowest BCUT2D eigenvalue weighted by atomic mass is 9.90. The molecule has 0 saturated carbocycles. The third kappa shape index (κ3) is 4.33. The van der Waals surface area contributed by atoms with Gasteiger partial charge < -0.3 is 20.2 Å². The van der Waals surface area contributed by atoms with Gasteiger partial charge in [-0.3, -0.25) is 9.59 Å².